The highest BCUT2D eigenvalue weighted by Gasteiger charge is 2.14. The molecule has 2 N–H and O–H groups in total. The second-order valence-corrected chi connectivity index (χ2v) is 5.82. The summed E-state index contributed by atoms with van der Waals surface area (Å²) in [5.74, 6) is 0. The summed E-state index contributed by atoms with van der Waals surface area (Å²) in [5.41, 5.74) is 11.0. The van der Waals surface area contributed by atoms with Crippen LogP contribution in [0.25, 0.3) is 0 Å². The standard InChI is InChI=1S/C17H19ClN2/c18-16-6-5-15(17(19)11-16)12-20-9-7-13-3-1-2-4-14(13)8-10-20/h1-6,11H,7-10,12,19H2. The van der Waals surface area contributed by atoms with Gasteiger partial charge in [0.15, 0.2) is 0 Å². The molecule has 0 aliphatic carbocycles. The maximum absolute atomic E-state index is 6.05. The van der Waals surface area contributed by atoms with Gasteiger partial charge in [0, 0.05) is 30.3 Å². The molecule has 0 unspecified atom stereocenters. The molecular weight excluding hydrogens is 268 g/mol. The van der Waals surface area contributed by atoms with E-state index in [1.54, 1.807) is 0 Å². The maximum Gasteiger partial charge on any atom is 0.0426 e. The van der Waals surface area contributed by atoms with Gasteiger partial charge in [0.25, 0.3) is 0 Å². The van der Waals surface area contributed by atoms with Crippen molar-refractivity contribution >= 4 is 17.3 Å². The fourth-order valence-electron chi connectivity index (χ4n) is 2.82. The van der Waals surface area contributed by atoms with Crippen LogP contribution in [0.15, 0.2) is 42.5 Å². The molecule has 2 aromatic carbocycles. The molecule has 0 fully saturated rings. The third-order valence-electron chi connectivity index (χ3n) is 4.01. The monoisotopic (exact) mass is 286 g/mol. The van der Waals surface area contributed by atoms with Crippen molar-refractivity contribution < 1.29 is 0 Å². The number of fused-ring (bicyclic) bond motifs is 1. The van der Waals surface area contributed by atoms with Gasteiger partial charge >= 0.3 is 0 Å². The van der Waals surface area contributed by atoms with Gasteiger partial charge in [0.1, 0.15) is 0 Å². The van der Waals surface area contributed by atoms with Crippen molar-refractivity contribution in [2.45, 2.75) is 19.4 Å². The molecular formula is C17H19ClN2. The highest BCUT2D eigenvalue weighted by Crippen LogP contribution is 2.21. The fourth-order valence-corrected chi connectivity index (χ4v) is 3.00. The van der Waals surface area contributed by atoms with Crippen LogP contribution in [0.5, 0.6) is 0 Å². The topological polar surface area (TPSA) is 29.3 Å². The second kappa shape index (κ2) is 5.86. The Morgan fingerprint density at radius 1 is 1.00 bits per heavy atom. The molecule has 2 nitrogen and oxygen atoms in total. The Balaban J connectivity index is 1.71. The molecule has 0 aromatic heterocycles. The predicted molar refractivity (Wildman–Crippen MR) is 85.0 cm³/mol. The van der Waals surface area contributed by atoms with Crippen LogP contribution in [-0.4, -0.2) is 18.0 Å². The number of nitrogens with two attached hydrogens (primary N) is 1. The smallest absolute Gasteiger partial charge is 0.0426 e. The Morgan fingerprint density at radius 2 is 1.65 bits per heavy atom. The molecule has 1 aliphatic rings. The number of anilines is 1. The number of nitrogens with zero attached hydrogens (tertiary/aromatic N) is 1. The van der Waals surface area contributed by atoms with Crippen molar-refractivity contribution in [3.05, 3.63) is 64.2 Å². The van der Waals surface area contributed by atoms with Gasteiger partial charge in [0.05, 0.1) is 0 Å². The van der Waals surface area contributed by atoms with Crippen molar-refractivity contribution in [2.75, 3.05) is 18.8 Å². The fraction of sp³-hybridized carbons (Fsp3) is 0.294. The van der Waals surface area contributed by atoms with Crippen molar-refractivity contribution in [3.63, 3.8) is 0 Å². The molecule has 20 heavy (non-hydrogen) atoms. The van der Waals surface area contributed by atoms with E-state index in [-0.39, 0.29) is 0 Å². The second-order valence-electron chi connectivity index (χ2n) is 5.39. The van der Waals surface area contributed by atoms with E-state index in [0.717, 1.165) is 38.2 Å². The summed E-state index contributed by atoms with van der Waals surface area (Å²) in [7, 11) is 0. The van der Waals surface area contributed by atoms with E-state index in [0.29, 0.717) is 5.02 Å². The Labute approximate surface area is 125 Å². The first-order chi connectivity index (χ1) is 9.72. The largest absolute Gasteiger partial charge is 0.398 e. The van der Waals surface area contributed by atoms with E-state index in [1.807, 2.05) is 18.2 Å². The van der Waals surface area contributed by atoms with E-state index in [1.165, 1.54) is 16.7 Å². The summed E-state index contributed by atoms with van der Waals surface area (Å²) in [6.07, 6.45) is 2.23. The minimum atomic E-state index is 0.703. The molecule has 0 spiro atoms. The first-order valence-electron chi connectivity index (χ1n) is 7.05. The summed E-state index contributed by atoms with van der Waals surface area (Å²) in [4.78, 5) is 2.47. The minimum Gasteiger partial charge on any atom is -0.398 e. The molecule has 0 amide bonds. The summed E-state index contributed by atoms with van der Waals surface area (Å²) in [5, 5.41) is 0.703. The SMILES string of the molecule is Nc1cc(Cl)ccc1CN1CCc2ccccc2CC1. The molecule has 1 aliphatic heterocycles. The number of hydrogen-bond donors (Lipinski definition) is 1. The molecule has 0 bridgehead atoms. The number of nitrogen functional groups attached to an aromatic ring is 1. The van der Waals surface area contributed by atoms with Crippen LogP contribution < -0.4 is 5.73 Å². The normalized spacial score (nSPS) is 15.7. The van der Waals surface area contributed by atoms with E-state index in [9.17, 15) is 0 Å². The predicted octanol–water partition coefficient (Wildman–Crippen LogP) is 3.52. The van der Waals surface area contributed by atoms with Crippen molar-refractivity contribution in [1.29, 1.82) is 0 Å². The molecule has 0 radical (unpaired) electrons. The maximum atomic E-state index is 6.05. The van der Waals surface area contributed by atoms with Crippen LogP contribution in [0.2, 0.25) is 5.02 Å². The Morgan fingerprint density at radius 3 is 2.25 bits per heavy atom. The Bertz CT molecular complexity index is 583. The van der Waals surface area contributed by atoms with Gasteiger partial charge < -0.3 is 5.73 Å². The molecule has 1 heterocycles. The highest BCUT2D eigenvalue weighted by atomic mass is 35.5. The molecule has 104 valence electrons. The number of hydrogen-bond acceptors (Lipinski definition) is 2. The van der Waals surface area contributed by atoms with E-state index in [2.05, 4.69) is 29.2 Å². The zero-order valence-corrected chi connectivity index (χ0v) is 12.2. The van der Waals surface area contributed by atoms with Crippen LogP contribution in [0.4, 0.5) is 5.69 Å². The third kappa shape index (κ3) is 2.97. The Kier molecular flexibility index (Phi) is 3.95. The molecule has 0 atom stereocenters. The van der Waals surface area contributed by atoms with Gasteiger partial charge in [-0.1, -0.05) is 41.9 Å². The van der Waals surface area contributed by atoms with Crippen molar-refractivity contribution in [1.82, 2.24) is 4.90 Å². The summed E-state index contributed by atoms with van der Waals surface area (Å²) < 4.78 is 0. The molecule has 3 rings (SSSR count). The van der Waals surface area contributed by atoms with Crippen LogP contribution in [0.3, 0.4) is 0 Å². The first kappa shape index (κ1) is 13.5. The summed E-state index contributed by atoms with van der Waals surface area (Å²) in [6, 6.07) is 14.5. The average Bonchev–Trinajstić information content (AvgIpc) is 2.65. The van der Waals surface area contributed by atoms with Crippen LogP contribution in [0, 0.1) is 0 Å². The molecule has 0 saturated carbocycles. The van der Waals surface area contributed by atoms with Crippen LogP contribution >= 0.6 is 11.6 Å². The zero-order chi connectivity index (χ0) is 13.9. The van der Waals surface area contributed by atoms with Gasteiger partial charge in [-0.2, -0.15) is 0 Å². The summed E-state index contributed by atoms with van der Waals surface area (Å²) >= 11 is 5.95. The molecule has 0 saturated heterocycles. The van der Waals surface area contributed by atoms with Crippen LogP contribution in [-0.2, 0) is 19.4 Å². The van der Waals surface area contributed by atoms with E-state index >= 15 is 0 Å². The quantitative estimate of drug-likeness (QED) is 0.856. The molecule has 2 aromatic rings. The number of benzene rings is 2. The van der Waals surface area contributed by atoms with Crippen molar-refractivity contribution in [2.24, 2.45) is 0 Å². The van der Waals surface area contributed by atoms with Gasteiger partial charge in [-0.05, 0) is 41.7 Å². The van der Waals surface area contributed by atoms with Gasteiger partial charge in [-0.25, -0.2) is 0 Å². The molecule has 3 heteroatoms. The van der Waals surface area contributed by atoms with Gasteiger partial charge in [-0.15, -0.1) is 0 Å². The number of halogens is 1. The van der Waals surface area contributed by atoms with Crippen molar-refractivity contribution in [3.8, 4) is 0 Å². The highest BCUT2D eigenvalue weighted by molar-refractivity contribution is 6.30. The van der Waals surface area contributed by atoms with E-state index < -0.39 is 0 Å². The average molecular weight is 287 g/mol. The van der Waals surface area contributed by atoms with Gasteiger partial charge in [0.2, 0.25) is 0 Å². The van der Waals surface area contributed by atoms with Crippen LogP contribution in [0.1, 0.15) is 16.7 Å². The lowest BCUT2D eigenvalue weighted by atomic mass is 10.0. The first-order valence-corrected chi connectivity index (χ1v) is 7.43. The lowest BCUT2D eigenvalue weighted by Crippen LogP contribution is -2.26. The minimum absolute atomic E-state index is 0.703. The number of rotatable bonds is 2. The lowest BCUT2D eigenvalue weighted by Gasteiger charge is -2.20. The van der Waals surface area contributed by atoms with Gasteiger partial charge in [-0.3, -0.25) is 4.90 Å². The lowest BCUT2D eigenvalue weighted by molar-refractivity contribution is 0.280. The van der Waals surface area contributed by atoms with E-state index in [4.69, 9.17) is 17.3 Å². The zero-order valence-electron chi connectivity index (χ0n) is 11.5. The summed E-state index contributed by atoms with van der Waals surface area (Å²) in [6.45, 7) is 3.06. The Hall–Kier alpha value is -1.51. The third-order valence-corrected chi connectivity index (χ3v) is 4.25.